The van der Waals surface area contributed by atoms with Gasteiger partial charge < -0.3 is 14.5 Å². The van der Waals surface area contributed by atoms with Crippen LogP contribution < -0.4 is 0 Å². The number of nitrogens with zero attached hydrogens (tertiary/aromatic N) is 4. The third-order valence-electron chi connectivity index (χ3n) is 6.77. The SMILES string of the molecule is CCOC(=O)N1CCN(C(=O)CC2(c3ccccc3C)CC(=O)N(Cc3ccncc3)C2=O)CC1. The number of likely N-dealkylation sites (tertiary alicyclic amines) is 1. The van der Waals surface area contributed by atoms with Gasteiger partial charge in [-0.1, -0.05) is 24.3 Å². The van der Waals surface area contributed by atoms with E-state index >= 15 is 0 Å². The topological polar surface area (TPSA) is 100 Å². The minimum atomic E-state index is -1.26. The zero-order valence-electron chi connectivity index (χ0n) is 20.1. The summed E-state index contributed by atoms with van der Waals surface area (Å²) in [6, 6.07) is 11.0. The lowest BCUT2D eigenvalue weighted by molar-refractivity contribution is -0.143. The number of pyridine rings is 1. The van der Waals surface area contributed by atoms with Crippen LogP contribution in [0.1, 0.15) is 36.5 Å². The predicted molar refractivity (Wildman–Crippen MR) is 127 cm³/mol. The van der Waals surface area contributed by atoms with E-state index in [9.17, 15) is 19.2 Å². The van der Waals surface area contributed by atoms with Gasteiger partial charge in [0.25, 0.3) is 0 Å². The molecule has 9 nitrogen and oxygen atoms in total. The van der Waals surface area contributed by atoms with E-state index < -0.39 is 5.41 Å². The molecule has 2 fully saturated rings. The van der Waals surface area contributed by atoms with E-state index in [0.717, 1.165) is 11.1 Å². The van der Waals surface area contributed by atoms with Crippen LogP contribution in [0.2, 0.25) is 0 Å². The molecule has 1 unspecified atom stereocenters. The van der Waals surface area contributed by atoms with Crippen LogP contribution >= 0.6 is 0 Å². The smallest absolute Gasteiger partial charge is 0.409 e. The highest BCUT2D eigenvalue weighted by molar-refractivity contribution is 6.10. The normalized spacial score (nSPS) is 20.3. The molecular weight excluding hydrogens is 448 g/mol. The second-order valence-electron chi connectivity index (χ2n) is 8.96. The van der Waals surface area contributed by atoms with Gasteiger partial charge in [0, 0.05) is 51.4 Å². The van der Waals surface area contributed by atoms with E-state index in [4.69, 9.17) is 4.74 Å². The molecule has 1 aromatic heterocycles. The Hall–Kier alpha value is -3.75. The maximum Gasteiger partial charge on any atom is 0.409 e. The van der Waals surface area contributed by atoms with Gasteiger partial charge in [0.05, 0.1) is 18.6 Å². The molecule has 0 spiro atoms. The largest absolute Gasteiger partial charge is 0.450 e. The van der Waals surface area contributed by atoms with Gasteiger partial charge in [0.15, 0.2) is 0 Å². The molecule has 0 aliphatic carbocycles. The number of hydrogen-bond acceptors (Lipinski definition) is 6. The average Bonchev–Trinajstić information content (AvgIpc) is 3.10. The quantitative estimate of drug-likeness (QED) is 0.591. The molecule has 4 rings (SSSR count). The van der Waals surface area contributed by atoms with Crippen LogP contribution in [0.5, 0.6) is 0 Å². The number of imide groups is 1. The molecule has 0 N–H and O–H groups in total. The zero-order valence-corrected chi connectivity index (χ0v) is 20.1. The van der Waals surface area contributed by atoms with Gasteiger partial charge in [0.1, 0.15) is 0 Å². The summed E-state index contributed by atoms with van der Waals surface area (Å²) in [6.07, 6.45) is 2.69. The van der Waals surface area contributed by atoms with Crippen LogP contribution in [0, 0.1) is 6.92 Å². The number of ether oxygens (including phenoxy) is 1. The first-order valence-electron chi connectivity index (χ1n) is 11.8. The molecule has 1 aromatic carbocycles. The van der Waals surface area contributed by atoms with Crippen molar-refractivity contribution in [2.24, 2.45) is 0 Å². The Morgan fingerprint density at radius 2 is 1.66 bits per heavy atom. The number of amides is 4. The summed E-state index contributed by atoms with van der Waals surface area (Å²) in [5.41, 5.74) is 1.10. The molecule has 184 valence electrons. The highest BCUT2D eigenvalue weighted by Gasteiger charge is 2.54. The Balaban J connectivity index is 1.57. The standard InChI is InChI=1S/C26H30N4O5/c1-3-35-25(34)29-14-12-28(13-15-29)22(31)16-26(21-7-5-4-6-19(21)2)17-23(32)30(24(26)33)18-20-8-10-27-11-9-20/h4-11H,3,12-18H2,1-2H3. The number of carbonyl (C=O) groups excluding carboxylic acids is 4. The monoisotopic (exact) mass is 478 g/mol. The summed E-state index contributed by atoms with van der Waals surface area (Å²) in [5.74, 6) is -0.856. The second kappa shape index (κ2) is 10.2. The number of rotatable bonds is 6. The van der Waals surface area contributed by atoms with Gasteiger partial charge in [-0.2, -0.15) is 0 Å². The first kappa shape index (κ1) is 24.4. The molecule has 0 saturated carbocycles. The lowest BCUT2D eigenvalue weighted by atomic mass is 9.74. The van der Waals surface area contributed by atoms with E-state index in [0.29, 0.717) is 38.3 Å². The van der Waals surface area contributed by atoms with Crippen molar-refractivity contribution in [3.05, 3.63) is 65.5 Å². The Bertz CT molecular complexity index is 1110. The molecular formula is C26H30N4O5. The number of piperazine rings is 1. The Morgan fingerprint density at radius 3 is 2.31 bits per heavy atom. The molecule has 4 amide bonds. The summed E-state index contributed by atoms with van der Waals surface area (Å²) in [6.45, 7) is 5.51. The Labute approximate surface area is 204 Å². The highest BCUT2D eigenvalue weighted by Crippen LogP contribution is 2.42. The fourth-order valence-corrected chi connectivity index (χ4v) is 4.91. The van der Waals surface area contributed by atoms with Crippen LogP contribution in [0.15, 0.2) is 48.8 Å². The van der Waals surface area contributed by atoms with Crippen molar-refractivity contribution in [2.45, 2.75) is 38.6 Å². The minimum Gasteiger partial charge on any atom is -0.450 e. The van der Waals surface area contributed by atoms with Gasteiger partial charge in [-0.3, -0.25) is 24.3 Å². The number of aromatic nitrogens is 1. The lowest BCUT2D eigenvalue weighted by Gasteiger charge is -2.36. The molecule has 3 heterocycles. The molecule has 2 aliphatic heterocycles. The van der Waals surface area contributed by atoms with Gasteiger partial charge in [-0.25, -0.2) is 4.79 Å². The fourth-order valence-electron chi connectivity index (χ4n) is 4.91. The summed E-state index contributed by atoms with van der Waals surface area (Å²) in [5, 5.41) is 0. The van der Waals surface area contributed by atoms with Crippen molar-refractivity contribution in [1.29, 1.82) is 0 Å². The highest BCUT2D eigenvalue weighted by atomic mass is 16.6. The lowest BCUT2D eigenvalue weighted by Crippen LogP contribution is -2.52. The summed E-state index contributed by atoms with van der Waals surface area (Å²) < 4.78 is 5.05. The third-order valence-corrected chi connectivity index (χ3v) is 6.77. The first-order valence-corrected chi connectivity index (χ1v) is 11.8. The fraction of sp³-hybridized carbons (Fsp3) is 0.423. The third kappa shape index (κ3) is 4.89. The molecule has 35 heavy (non-hydrogen) atoms. The molecule has 0 radical (unpaired) electrons. The summed E-state index contributed by atoms with van der Waals surface area (Å²) in [4.78, 5) is 61.0. The molecule has 2 saturated heterocycles. The number of benzene rings is 1. The molecule has 2 aliphatic rings. The van der Waals surface area contributed by atoms with Crippen molar-refractivity contribution >= 4 is 23.8 Å². The number of hydrogen-bond donors (Lipinski definition) is 0. The molecule has 0 bridgehead atoms. The minimum absolute atomic E-state index is 0.0592. The van der Waals surface area contributed by atoms with Crippen LogP contribution in [0.3, 0.4) is 0 Å². The van der Waals surface area contributed by atoms with E-state index in [1.807, 2.05) is 31.2 Å². The van der Waals surface area contributed by atoms with Crippen molar-refractivity contribution in [3.63, 3.8) is 0 Å². The number of aryl methyl sites for hydroxylation is 1. The molecule has 1 atom stereocenters. The van der Waals surface area contributed by atoms with E-state index in [1.54, 1.807) is 41.2 Å². The molecule has 9 heteroatoms. The number of carbonyl (C=O) groups is 4. The van der Waals surface area contributed by atoms with Crippen molar-refractivity contribution < 1.29 is 23.9 Å². The predicted octanol–water partition coefficient (Wildman–Crippen LogP) is 2.28. The van der Waals surface area contributed by atoms with Crippen LogP contribution in [-0.4, -0.2) is 76.3 Å². The van der Waals surface area contributed by atoms with Crippen molar-refractivity contribution in [3.8, 4) is 0 Å². The Morgan fingerprint density at radius 1 is 1.00 bits per heavy atom. The Kier molecular flexibility index (Phi) is 7.14. The van der Waals surface area contributed by atoms with Crippen LogP contribution in [0.25, 0.3) is 0 Å². The van der Waals surface area contributed by atoms with Crippen molar-refractivity contribution in [1.82, 2.24) is 19.7 Å². The van der Waals surface area contributed by atoms with E-state index in [2.05, 4.69) is 4.98 Å². The summed E-state index contributed by atoms with van der Waals surface area (Å²) >= 11 is 0. The summed E-state index contributed by atoms with van der Waals surface area (Å²) in [7, 11) is 0. The van der Waals surface area contributed by atoms with Gasteiger partial charge in [-0.15, -0.1) is 0 Å². The van der Waals surface area contributed by atoms with Crippen LogP contribution in [0.4, 0.5) is 4.79 Å². The zero-order chi connectivity index (χ0) is 25.0. The van der Waals surface area contributed by atoms with Crippen LogP contribution in [-0.2, 0) is 31.1 Å². The van der Waals surface area contributed by atoms with E-state index in [-0.39, 0.29) is 43.2 Å². The van der Waals surface area contributed by atoms with Crippen molar-refractivity contribution in [2.75, 3.05) is 32.8 Å². The van der Waals surface area contributed by atoms with Gasteiger partial charge >= 0.3 is 6.09 Å². The maximum atomic E-state index is 13.9. The van der Waals surface area contributed by atoms with Gasteiger partial charge in [0.2, 0.25) is 17.7 Å². The van der Waals surface area contributed by atoms with E-state index in [1.165, 1.54) is 4.90 Å². The van der Waals surface area contributed by atoms with Gasteiger partial charge in [-0.05, 0) is 42.7 Å². The maximum absolute atomic E-state index is 13.9. The average molecular weight is 479 g/mol. The molecule has 2 aromatic rings. The second-order valence-corrected chi connectivity index (χ2v) is 8.96. The first-order chi connectivity index (χ1) is 16.9.